The molecule has 2 fully saturated rings. The maximum absolute atomic E-state index is 11.3. The monoisotopic (exact) mass is 203 g/mol. The maximum atomic E-state index is 11.3. The molecule has 0 bridgehead atoms. The Morgan fingerprint density at radius 3 is 2.86 bits per heavy atom. The zero-order chi connectivity index (χ0) is 10.3. The van der Waals surface area contributed by atoms with Crippen molar-refractivity contribution in [2.75, 3.05) is 14.2 Å². The van der Waals surface area contributed by atoms with Crippen molar-refractivity contribution in [2.45, 2.75) is 18.4 Å². The standard InChI is InChI=1S/C7H9NO6/c1-8-3(5(9)11-2)4-6(14-8)13-7(10)12-4/h3-4,6H,1-2H3/t3-,4-,6+/m1/s1. The fourth-order valence-electron chi connectivity index (χ4n) is 1.49. The highest BCUT2D eigenvalue weighted by Gasteiger charge is 2.55. The molecule has 78 valence electrons. The molecule has 2 aliphatic rings. The summed E-state index contributed by atoms with van der Waals surface area (Å²) in [5.74, 6) is -0.529. The number of ether oxygens (including phenoxy) is 3. The van der Waals surface area contributed by atoms with E-state index in [4.69, 9.17) is 9.57 Å². The highest BCUT2D eigenvalue weighted by atomic mass is 16.9. The average Bonchev–Trinajstić information content (AvgIpc) is 2.58. The second-order valence-corrected chi connectivity index (χ2v) is 2.94. The van der Waals surface area contributed by atoms with Gasteiger partial charge in [0.05, 0.1) is 7.11 Å². The lowest BCUT2D eigenvalue weighted by Gasteiger charge is -2.16. The Balaban J connectivity index is 2.16. The van der Waals surface area contributed by atoms with Gasteiger partial charge in [-0.2, -0.15) is 5.06 Å². The van der Waals surface area contributed by atoms with Crippen molar-refractivity contribution in [1.82, 2.24) is 5.06 Å². The van der Waals surface area contributed by atoms with Gasteiger partial charge in [0.2, 0.25) is 0 Å². The van der Waals surface area contributed by atoms with Gasteiger partial charge in [-0.05, 0) is 0 Å². The molecular formula is C7H9NO6. The molecule has 7 heteroatoms. The molecule has 2 rings (SSSR count). The number of carbonyl (C=O) groups excluding carboxylic acids is 2. The van der Waals surface area contributed by atoms with E-state index in [1.807, 2.05) is 0 Å². The summed E-state index contributed by atoms with van der Waals surface area (Å²) in [6, 6.07) is -0.767. The summed E-state index contributed by atoms with van der Waals surface area (Å²) in [5, 5.41) is 1.26. The van der Waals surface area contributed by atoms with Crippen LogP contribution in [0.25, 0.3) is 0 Å². The molecule has 0 radical (unpaired) electrons. The quantitative estimate of drug-likeness (QED) is 0.520. The fourth-order valence-corrected chi connectivity index (χ4v) is 1.49. The van der Waals surface area contributed by atoms with Gasteiger partial charge in [0.1, 0.15) is 0 Å². The molecule has 0 unspecified atom stereocenters. The minimum atomic E-state index is -0.850. The van der Waals surface area contributed by atoms with E-state index in [2.05, 4.69) is 9.47 Å². The number of nitrogens with zero attached hydrogens (tertiary/aromatic N) is 1. The van der Waals surface area contributed by atoms with Crippen molar-refractivity contribution in [1.29, 1.82) is 0 Å². The van der Waals surface area contributed by atoms with Gasteiger partial charge in [0.15, 0.2) is 12.1 Å². The molecular weight excluding hydrogens is 194 g/mol. The minimum absolute atomic E-state index is 0.529. The second-order valence-electron chi connectivity index (χ2n) is 2.94. The van der Waals surface area contributed by atoms with E-state index < -0.39 is 30.6 Å². The van der Waals surface area contributed by atoms with Crippen molar-refractivity contribution >= 4 is 12.1 Å². The van der Waals surface area contributed by atoms with Crippen LogP contribution in [-0.2, 0) is 23.8 Å². The second kappa shape index (κ2) is 3.10. The van der Waals surface area contributed by atoms with Crippen LogP contribution in [0, 0.1) is 0 Å². The number of hydrogen-bond acceptors (Lipinski definition) is 7. The molecule has 7 nitrogen and oxygen atoms in total. The summed E-state index contributed by atoms with van der Waals surface area (Å²) in [7, 11) is 2.79. The predicted octanol–water partition coefficient (Wildman–Crippen LogP) is -0.734. The Morgan fingerprint density at radius 2 is 2.21 bits per heavy atom. The van der Waals surface area contributed by atoms with Crippen molar-refractivity contribution < 1.29 is 28.6 Å². The van der Waals surface area contributed by atoms with Crippen molar-refractivity contribution in [2.24, 2.45) is 0 Å². The zero-order valence-electron chi connectivity index (χ0n) is 7.63. The van der Waals surface area contributed by atoms with Crippen LogP contribution in [0.5, 0.6) is 0 Å². The van der Waals surface area contributed by atoms with Gasteiger partial charge in [-0.25, -0.2) is 4.79 Å². The molecule has 3 atom stereocenters. The lowest BCUT2D eigenvalue weighted by Crippen LogP contribution is -2.41. The molecule has 2 heterocycles. The van der Waals surface area contributed by atoms with E-state index in [0.29, 0.717) is 0 Å². The first-order valence-corrected chi connectivity index (χ1v) is 3.98. The van der Waals surface area contributed by atoms with E-state index in [0.717, 1.165) is 0 Å². The lowest BCUT2D eigenvalue weighted by molar-refractivity contribution is -0.207. The van der Waals surface area contributed by atoms with E-state index >= 15 is 0 Å². The molecule has 0 spiro atoms. The van der Waals surface area contributed by atoms with E-state index in [1.165, 1.54) is 19.2 Å². The highest BCUT2D eigenvalue weighted by Crippen LogP contribution is 2.29. The Hall–Kier alpha value is -1.34. The van der Waals surface area contributed by atoms with Crippen LogP contribution >= 0.6 is 0 Å². The summed E-state index contributed by atoms with van der Waals surface area (Å²) >= 11 is 0. The van der Waals surface area contributed by atoms with Crippen LogP contribution in [0.4, 0.5) is 4.79 Å². The molecule has 0 N–H and O–H groups in total. The molecule has 0 amide bonds. The number of likely N-dealkylation sites (N-methyl/N-ethyl adjacent to an activating group) is 1. The van der Waals surface area contributed by atoms with E-state index in [-0.39, 0.29) is 0 Å². The van der Waals surface area contributed by atoms with Crippen LogP contribution in [0.1, 0.15) is 0 Å². The Labute approximate surface area is 79.4 Å². The summed E-state index contributed by atoms with van der Waals surface area (Å²) < 4.78 is 14.0. The van der Waals surface area contributed by atoms with Gasteiger partial charge < -0.3 is 14.2 Å². The fraction of sp³-hybridized carbons (Fsp3) is 0.714. The Morgan fingerprint density at radius 1 is 1.50 bits per heavy atom. The first-order chi connectivity index (χ1) is 6.63. The molecule has 2 saturated heterocycles. The minimum Gasteiger partial charge on any atom is -0.468 e. The third kappa shape index (κ3) is 1.21. The van der Waals surface area contributed by atoms with Crippen molar-refractivity contribution in [3.63, 3.8) is 0 Å². The number of fused-ring (bicyclic) bond motifs is 1. The van der Waals surface area contributed by atoms with Crippen molar-refractivity contribution in [3.05, 3.63) is 0 Å². The van der Waals surface area contributed by atoms with Crippen LogP contribution in [-0.4, -0.2) is 49.8 Å². The molecule has 0 saturated carbocycles. The first kappa shape index (κ1) is 9.22. The molecule has 2 aliphatic heterocycles. The largest absolute Gasteiger partial charge is 0.511 e. The molecule has 0 aromatic heterocycles. The topological polar surface area (TPSA) is 74.3 Å². The summed E-state index contributed by atoms with van der Waals surface area (Å²) in [6.07, 6.45) is -2.43. The number of rotatable bonds is 1. The van der Waals surface area contributed by atoms with Gasteiger partial charge in [-0.15, -0.1) is 0 Å². The first-order valence-electron chi connectivity index (χ1n) is 3.98. The average molecular weight is 203 g/mol. The van der Waals surface area contributed by atoms with Crippen LogP contribution in [0.3, 0.4) is 0 Å². The number of carbonyl (C=O) groups is 2. The van der Waals surface area contributed by atoms with Crippen LogP contribution in [0.15, 0.2) is 0 Å². The lowest BCUT2D eigenvalue weighted by atomic mass is 10.2. The molecule has 0 aromatic carbocycles. The molecule has 14 heavy (non-hydrogen) atoms. The number of esters is 1. The van der Waals surface area contributed by atoms with E-state index in [1.54, 1.807) is 0 Å². The van der Waals surface area contributed by atoms with Gasteiger partial charge in [0, 0.05) is 7.05 Å². The SMILES string of the molecule is COC(=O)[C@H]1[C@H]2OC(=O)O[C@H]2ON1C. The third-order valence-corrected chi connectivity index (χ3v) is 2.13. The van der Waals surface area contributed by atoms with Gasteiger partial charge in [-0.3, -0.25) is 9.63 Å². The van der Waals surface area contributed by atoms with Crippen LogP contribution in [0.2, 0.25) is 0 Å². The maximum Gasteiger partial charge on any atom is 0.511 e. The van der Waals surface area contributed by atoms with Gasteiger partial charge in [-0.1, -0.05) is 0 Å². The summed E-state index contributed by atoms with van der Waals surface area (Å²) in [4.78, 5) is 27.1. The zero-order valence-corrected chi connectivity index (χ0v) is 7.63. The van der Waals surface area contributed by atoms with Gasteiger partial charge in [0.25, 0.3) is 6.29 Å². The Kier molecular flexibility index (Phi) is 2.05. The highest BCUT2D eigenvalue weighted by molar-refractivity contribution is 5.78. The Bertz CT molecular complexity index is 279. The predicted molar refractivity (Wildman–Crippen MR) is 39.8 cm³/mol. The van der Waals surface area contributed by atoms with Gasteiger partial charge >= 0.3 is 12.1 Å². The van der Waals surface area contributed by atoms with Crippen molar-refractivity contribution in [3.8, 4) is 0 Å². The number of hydroxylamine groups is 2. The number of hydrogen-bond donors (Lipinski definition) is 0. The third-order valence-electron chi connectivity index (χ3n) is 2.13. The van der Waals surface area contributed by atoms with E-state index in [9.17, 15) is 9.59 Å². The normalized spacial score (nSPS) is 36.1. The molecule has 0 aliphatic carbocycles. The van der Waals surface area contributed by atoms with Crippen LogP contribution < -0.4 is 0 Å². The summed E-state index contributed by atoms with van der Waals surface area (Å²) in [6.45, 7) is 0. The number of methoxy groups -OCH3 is 1. The molecule has 0 aromatic rings. The smallest absolute Gasteiger partial charge is 0.468 e. The summed E-state index contributed by atoms with van der Waals surface area (Å²) in [5.41, 5.74) is 0.